The maximum atomic E-state index is 12.7. The Bertz CT molecular complexity index is 707. The second kappa shape index (κ2) is 9.77. The molecule has 1 amide bonds. The van der Waals surface area contributed by atoms with Gasteiger partial charge in [-0.15, -0.1) is 0 Å². The van der Waals surface area contributed by atoms with Crippen LogP contribution in [0.2, 0.25) is 23.7 Å². The highest BCUT2D eigenvalue weighted by atomic mass is 28.3. The number of esters is 1. The Balaban J connectivity index is 2.27. The predicted molar refractivity (Wildman–Crippen MR) is 111 cm³/mol. The van der Waals surface area contributed by atoms with Crippen LogP contribution in [-0.2, 0) is 20.9 Å². The number of hydrogen-bond donors (Lipinski definition) is 1. The van der Waals surface area contributed by atoms with Gasteiger partial charge in [-0.05, 0) is 5.56 Å². The van der Waals surface area contributed by atoms with Crippen LogP contribution in [-0.4, -0.2) is 50.3 Å². The highest BCUT2D eigenvalue weighted by Crippen LogP contribution is 2.41. The molecule has 0 aromatic heterocycles. The summed E-state index contributed by atoms with van der Waals surface area (Å²) < 4.78 is 10.3. The van der Waals surface area contributed by atoms with Gasteiger partial charge in [0.1, 0.15) is 12.4 Å². The van der Waals surface area contributed by atoms with Gasteiger partial charge in [0.15, 0.2) is 0 Å². The molecule has 1 unspecified atom stereocenters. The molecular formula is C21H31NO5Si. The van der Waals surface area contributed by atoms with Crippen LogP contribution in [0.1, 0.15) is 26.3 Å². The fraction of sp³-hybridized carbons (Fsp3) is 0.524. The number of rotatable bonds is 7. The molecule has 0 aliphatic carbocycles. The maximum Gasteiger partial charge on any atom is 0.410 e. The molecule has 6 nitrogen and oxygen atoms in total. The topological polar surface area (TPSA) is 76.1 Å². The Labute approximate surface area is 168 Å². The van der Waals surface area contributed by atoms with Crippen LogP contribution in [0, 0.1) is 0 Å². The lowest BCUT2D eigenvalue weighted by Crippen LogP contribution is -2.50. The number of hydrogen-bond acceptors (Lipinski definition) is 5. The molecule has 7 heteroatoms. The zero-order chi connectivity index (χ0) is 20.7. The molecule has 0 saturated carbocycles. The molecule has 1 aliphatic rings. The number of nitrogens with zero attached hydrogens (tertiary/aromatic N) is 1. The van der Waals surface area contributed by atoms with Crippen molar-refractivity contribution in [3.63, 3.8) is 0 Å². The SMILES string of the molecule is CC[Si](CC)(CC)C1CN(C(=O)OCc2ccccc2)CC(C(=O)OC)=C1O. The van der Waals surface area contributed by atoms with Crippen molar-refractivity contribution in [1.29, 1.82) is 0 Å². The molecule has 2 rings (SSSR count). The van der Waals surface area contributed by atoms with Gasteiger partial charge in [0, 0.05) is 12.1 Å². The molecule has 1 aromatic rings. The fourth-order valence-corrected chi connectivity index (χ4v) is 8.41. The van der Waals surface area contributed by atoms with Gasteiger partial charge in [0.05, 0.1) is 27.3 Å². The summed E-state index contributed by atoms with van der Waals surface area (Å²) in [7, 11) is -0.634. The molecule has 1 aromatic carbocycles. The van der Waals surface area contributed by atoms with Crippen LogP contribution in [0.4, 0.5) is 4.79 Å². The zero-order valence-electron chi connectivity index (χ0n) is 17.2. The summed E-state index contributed by atoms with van der Waals surface area (Å²) in [5, 5.41) is 10.9. The van der Waals surface area contributed by atoms with Gasteiger partial charge in [-0.1, -0.05) is 69.2 Å². The fourth-order valence-electron chi connectivity index (χ4n) is 4.07. The normalized spacial score (nSPS) is 17.4. The first-order chi connectivity index (χ1) is 13.4. The maximum absolute atomic E-state index is 12.7. The van der Waals surface area contributed by atoms with E-state index in [0.29, 0.717) is 6.54 Å². The van der Waals surface area contributed by atoms with Gasteiger partial charge in [-0.2, -0.15) is 0 Å². The van der Waals surface area contributed by atoms with E-state index in [1.54, 1.807) is 0 Å². The minimum absolute atomic E-state index is 0.00422. The first kappa shape index (κ1) is 22.0. The predicted octanol–water partition coefficient (Wildman–Crippen LogP) is 4.50. The minimum Gasteiger partial charge on any atom is -0.512 e. The van der Waals surface area contributed by atoms with Gasteiger partial charge in [-0.3, -0.25) is 0 Å². The molecular weight excluding hydrogens is 374 g/mol. The first-order valence-electron chi connectivity index (χ1n) is 9.88. The average Bonchev–Trinajstić information content (AvgIpc) is 2.74. The number of ether oxygens (including phenoxy) is 2. The van der Waals surface area contributed by atoms with E-state index in [0.717, 1.165) is 23.7 Å². The van der Waals surface area contributed by atoms with Crippen LogP contribution in [0.3, 0.4) is 0 Å². The molecule has 1 atom stereocenters. The third kappa shape index (κ3) is 4.58. The second-order valence-electron chi connectivity index (χ2n) is 7.25. The van der Waals surface area contributed by atoms with Crippen molar-refractivity contribution in [2.45, 2.75) is 51.1 Å². The quantitative estimate of drug-likeness (QED) is 0.534. The number of carbonyl (C=O) groups excluding carboxylic acids is 2. The molecule has 1 heterocycles. The number of benzene rings is 1. The van der Waals surface area contributed by atoms with Gasteiger partial charge >= 0.3 is 12.1 Å². The van der Waals surface area contributed by atoms with Crippen LogP contribution >= 0.6 is 0 Å². The lowest BCUT2D eigenvalue weighted by molar-refractivity contribution is -0.136. The molecule has 154 valence electrons. The van der Waals surface area contributed by atoms with Crippen molar-refractivity contribution in [2.24, 2.45) is 0 Å². The van der Waals surface area contributed by atoms with E-state index in [2.05, 4.69) is 20.8 Å². The van der Waals surface area contributed by atoms with Crippen molar-refractivity contribution >= 4 is 20.1 Å². The Hall–Kier alpha value is -2.28. The van der Waals surface area contributed by atoms with E-state index in [1.807, 2.05) is 30.3 Å². The third-order valence-electron chi connectivity index (χ3n) is 6.14. The van der Waals surface area contributed by atoms with Gasteiger partial charge in [-0.25, -0.2) is 9.59 Å². The Morgan fingerprint density at radius 3 is 2.29 bits per heavy atom. The molecule has 0 fully saturated rings. The summed E-state index contributed by atoms with van der Waals surface area (Å²) >= 11 is 0. The van der Waals surface area contributed by atoms with Crippen LogP contribution in [0.15, 0.2) is 41.7 Å². The summed E-state index contributed by atoms with van der Waals surface area (Å²) in [5.41, 5.74) is 0.873. The lowest BCUT2D eigenvalue weighted by Gasteiger charge is -2.42. The molecule has 0 saturated heterocycles. The molecule has 1 N–H and O–H groups in total. The highest BCUT2D eigenvalue weighted by molar-refractivity contribution is 6.81. The lowest BCUT2D eigenvalue weighted by atomic mass is 10.1. The van der Waals surface area contributed by atoms with Crippen molar-refractivity contribution in [2.75, 3.05) is 20.2 Å². The van der Waals surface area contributed by atoms with Gasteiger partial charge < -0.3 is 19.5 Å². The monoisotopic (exact) mass is 405 g/mol. The van der Waals surface area contributed by atoms with E-state index in [9.17, 15) is 14.7 Å². The minimum atomic E-state index is -1.92. The van der Waals surface area contributed by atoms with Gasteiger partial charge in [0.25, 0.3) is 0 Å². The van der Waals surface area contributed by atoms with Crippen molar-refractivity contribution < 1.29 is 24.2 Å². The average molecular weight is 406 g/mol. The van der Waals surface area contributed by atoms with Crippen molar-refractivity contribution in [3.8, 4) is 0 Å². The van der Waals surface area contributed by atoms with Crippen molar-refractivity contribution in [1.82, 2.24) is 4.90 Å². The van der Waals surface area contributed by atoms with Crippen LogP contribution < -0.4 is 0 Å². The van der Waals surface area contributed by atoms with E-state index in [1.165, 1.54) is 12.0 Å². The first-order valence-corrected chi connectivity index (χ1v) is 12.6. The van der Waals surface area contributed by atoms with E-state index in [-0.39, 0.29) is 30.0 Å². The van der Waals surface area contributed by atoms with Crippen molar-refractivity contribution in [3.05, 3.63) is 47.2 Å². The number of methoxy groups -OCH3 is 1. The van der Waals surface area contributed by atoms with Crippen LogP contribution in [0.5, 0.6) is 0 Å². The summed E-state index contributed by atoms with van der Waals surface area (Å²) in [4.78, 5) is 26.5. The summed E-state index contributed by atoms with van der Waals surface area (Å²) in [5.74, 6) is -0.481. The van der Waals surface area contributed by atoms with Gasteiger partial charge in [0.2, 0.25) is 0 Å². The Morgan fingerprint density at radius 2 is 1.75 bits per heavy atom. The third-order valence-corrected chi connectivity index (χ3v) is 12.3. The van der Waals surface area contributed by atoms with Crippen LogP contribution in [0.25, 0.3) is 0 Å². The Morgan fingerprint density at radius 1 is 1.14 bits per heavy atom. The largest absolute Gasteiger partial charge is 0.512 e. The smallest absolute Gasteiger partial charge is 0.410 e. The number of aliphatic hydroxyl groups is 1. The standard InChI is InChI=1S/C21H31NO5Si/c1-5-28(6-2,7-3)18-14-22(13-17(19(18)23)20(24)26-4)21(25)27-15-16-11-9-8-10-12-16/h8-12,18,23H,5-7,13-15H2,1-4H3. The van der Waals surface area contributed by atoms with E-state index < -0.39 is 20.1 Å². The Kier molecular flexibility index (Phi) is 7.68. The zero-order valence-corrected chi connectivity index (χ0v) is 18.2. The molecule has 0 radical (unpaired) electrons. The number of aliphatic hydroxyl groups excluding tert-OH is 1. The molecule has 1 aliphatic heterocycles. The molecule has 28 heavy (non-hydrogen) atoms. The van der Waals surface area contributed by atoms with E-state index >= 15 is 0 Å². The number of amides is 1. The summed E-state index contributed by atoms with van der Waals surface area (Å²) in [6.07, 6.45) is -0.478. The second-order valence-corrected chi connectivity index (χ2v) is 12.8. The summed E-state index contributed by atoms with van der Waals surface area (Å²) in [6, 6.07) is 12.4. The highest BCUT2D eigenvalue weighted by Gasteiger charge is 2.45. The molecule has 0 spiro atoms. The summed E-state index contributed by atoms with van der Waals surface area (Å²) in [6.45, 7) is 6.96. The number of carbonyl (C=O) groups is 2. The van der Waals surface area contributed by atoms with E-state index in [4.69, 9.17) is 9.47 Å². The molecule has 0 bridgehead atoms.